The second-order valence-corrected chi connectivity index (χ2v) is 7.87. The molecule has 0 spiro atoms. The number of hydrogen-bond acceptors (Lipinski definition) is 7. The van der Waals surface area contributed by atoms with E-state index in [4.69, 9.17) is 21.1 Å². The first kappa shape index (κ1) is 23.8. The highest BCUT2D eigenvalue weighted by Gasteiger charge is 2.33. The average Bonchev–Trinajstić information content (AvgIpc) is 2.87. The van der Waals surface area contributed by atoms with E-state index in [2.05, 4.69) is 27.2 Å². The molecule has 3 amide bonds. The number of nitrogens with zero attached hydrogens (tertiary/aromatic N) is 4. The third-order valence-electron chi connectivity index (χ3n) is 5.36. The topological polar surface area (TPSA) is 109 Å². The van der Waals surface area contributed by atoms with Gasteiger partial charge in [-0.05, 0) is 18.2 Å². The second-order valence-electron chi connectivity index (χ2n) is 7.50. The number of aromatic nitrogens is 2. The van der Waals surface area contributed by atoms with Gasteiger partial charge in [0.2, 0.25) is 11.9 Å². The van der Waals surface area contributed by atoms with Gasteiger partial charge in [-0.2, -0.15) is 4.98 Å². The van der Waals surface area contributed by atoms with Crippen LogP contribution in [0.5, 0.6) is 11.5 Å². The standard InChI is InChI=1S/C24H23ClN6O4/c1-5-20(32)27-16-8-6-7-9-17(16)28-23-26-12-14-13-31(24(33)30(2)22(14)29-23)18-10-15(34-3)11-19(35-4)21(18)25/h5-12H,1,13H2,2-4H3,(H,27,32)(H,26,28,29). The summed E-state index contributed by atoms with van der Waals surface area (Å²) >= 11 is 6.52. The fourth-order valence-electron chi connectivity index (χ4n) is 3.58. The van der Waals surface area contributed by atoms with E-state index in [9.17, 15) is 9.59 Å². The van der Waals surface area contributed by atoms with E-state index in [1.807, 2.05) is 6.07 Å². The van der Waals surface area contributed by atoms with Crippen LogP contribution in [-0.2, 0) is 11.3 Å². The number of halogens is 1. The van der Waals surface area contributed by atoms with Crippen molar-refractivity contribution in [3.8, 4) is 11.5 Å². The van der Waals surface area contributed by atoms with E-state index in [1.54, 1.807) is 43.6 Å². The summed E-state index contributed by atoms with van der Waals surface area (Å²) in [6.07, 6.45) is 2.82. The fourth-order valence-corrected chi connectivity index (χ4v) is 3.87. The molecule has 35 heavy (non-hydrogen) atoms. The maximum absolute atomic E-state index is 13.3. The maximum Gasteiger partial charge on any atom is 0.330 e. The minimum absolute atomic E-state index is 0.195. The molecule has 2 N–H and O–H groups in total. The summed E-state index contributed by atoms with van der Waals surface area (Å²) in [5.41, 5.74) is 2.28. The third-order valence-corrected chi connectivity index (χ3v) is 5.74. The molecule has 0 fully saturated rings. The fraction of sp³-hybridized carbons (Fsp3) is 0.167. The molecule has 2 heterocycles. The van der Waals surface area contributed by atoms with Gasteiger partial charge in [-0.15, -0.1) is 0 Å². The van der Waals surface area contributed by atoms with Crippen LogP contribution in [0.3, 0.4) is 0 Å². The number of urea groups is 1. The second kappa shape index (κ2) is 9.90. The molecular weight excluding hydrogens is 472 g/mol. The van der Waals surface area contributed by atoms with Crippen molar-refractivity contribution in [3.05, 3.63) is 65.8 Å². The van der Waals surface area contributed by atoms with Gasteiger partial charge < -0.3 is 20.1 Å². The molecular formula is C24H23ClN6O4. The number of fused-ring (bicyclic) bond motifs is 1. The van der Waals surface area contributed by atoms with E-state index < -0.39 is 0 Å². The van der Waals surface area contributed by atoms with Gasteiger partial charge >= 0.3 is 6.03 Å². The molecule has 1 aliphatic heterocycles. The molecule has 1 aliphatic rings. The first-order valence-corrected chi connectivity index (χ1v) is 10.9. The number of ether oxygens (including phenoxy) is 2. The number of hydrogen-bond donors (Lipinski definition) is 2. The number of methoxy groups -OCH3 is 2. The lowest BCUT2D eigenvalue weighted by Crippen LogP contribution is -2.46. The number of carbonyl (C=O) groups is 2. The predicted octanol–water partition coefficient (Wildman–Crippen LogP) is 4.59. The summed E-state index contributed by atoms with van der Waals surface area (Å²) < 4.78 is 10.7. The molecule has 10 nitrogen and oxygen atoms in total. The van der Waals surface area contributed by atoms with Gasteiger partial charge in [-0.3, -0.25) is 14.6 Å². The molecule has 1 aromatic heterocycles. The first-order valence-electron chi connectivity index (χ1n) is 10.5. The predicted molar refractivity (Wildman–Crippen MR) is 135 cm³/mol. The molecule has 0 radical (unpaired) electrons. The number of carbonyl (C=O) groups excluding carboxylic acids is 2. The van der Waals surface area contributed by atoms with Crippen LogP contribution in [0.25, 0.3) is 0 Å². The van der Waals surface area contributed by atoms with E-state index in [1.165, 1.54) is 30.1 Å². The number of rotatable bonds is 7. The van der Waals surface area contributed by atoms with E-state index >= 15 is 0 Å². The van der Waals surface area contributed by atoms with Crippen molar-refractivity contribution in [1.82, 2.24) is 9.97 Å². The van der Waals surface area contributed by atoms with Crippen molar-refractivity contribution in [1.29, 1.82) is 0 Å². The Balaban J connectivity index is 1.65. The summed E-state index contributed by atoms with van der Waals surface area (Å²) in [4.78, 5) is 36.9. The van der Waals surface area contributed by atoms with Crippen molar-refractivity contribution in [2.24, 2.45) is 0 Å². The Labute approximate surface area is 207 Å². The van der Waals surface area contributed by atoms with Crippen molar-refractivity contribution >= 4 is 52.4 Å². The van der Waals surface area contributed by atoms with Gasteiger partial charge in [0.15, 0.2) is 0 Å². The van der Waals surface area contributed by atoms with Gasteiger partial charge in [-0.25, -0.2) is 9.78 Å². The quantitative estimate of drug-likeness (QED) is 0.462. The van der Waals surface area contributed by atoms with Gasteiger partial charge in [0.1, 0.15) is 22.3 Å². The van der Waals surface area contributed by atoms with Gasteiger partial charge in [-0.1, -0.05) is 30.3 Å². The minimum atomic E-state index is -0.344. The first-order chi connectivity index (χ1) is 16.9. The number of nitrogens with one attached hydrogen (secondary N) is 2. The molecule has 2 aromatic carbocycles. The van der Waals surface area contributed by atoms with Crippen LogP contribution in [0, 0.1) is 0 Å². The molecule has 0 saturated heterocycles. The van der Waals surface area contributed by atoms with Crippen molar-refractivity contribution < 1.29 is 19.1 Å². The van der Waals surface area contributed by atoms with Crippen molar-refractivity contribution in [2.45, 2.75) is 6.54 Å². The summed E-state index contributed by atoms with van der Waals surface area (Å²) in [6, 6.07) is 10.1. The summed E-state index contributed by atoms with van der Waals surface area (Å²) in [6.45, 7) is 3.66. The molecule has 0 unspecified atom stereocenters. The molecule has 180 valence electrons. The zero-order chi connectivity index (χ0) is 25.1. The Hall–Kier alpha value is -4.31. The summed E-state index contributed by atoms with van der Waals surface area (Å²) in [5, 5.41) is 6.11. The van der Waals surface area contributed by atoms with Crippen LogP contribution >= 0.6 is 11.6 Å². The molecule has 0 atom stereocenters. The largest absolute Gasteiger partial charge is 0.497 e. The van der Waals surface area contributed by atoms with Crippen molar-refractivity contribution in [2.75, 3.05) is 41.7 Å². The number of benzene rings is 2. The molecule has 0 bridgehead atoms. The van der Waals surface area contributed by atoms with E-state index in [0.29, 0.717) is 39.9 Å². The summed E-state index contributed by atoms with van der Waals surface area (Å²) in [5.74, 6) is 1.25. The monoisotopic (exact) mass is 494 g/mol. The molecule has 0 saturated carbocycles. The Kier molecular flexibility index (Phi) is 6.74. The lowest BCUT2D eigenvalue weighted by atomic mass is 10.2. The minimum Gasteiger partial charge on any atom is -0.497 e. The Morgan fingerprint density at radius 3 is 2.63 bits per heavy atom. The van der Waals surface area contributed by atoms with Gasteiger partial charge in [0.25, 0.3) is 0 Å². The van der Waals surface area contributed by atoms with Gasteiger partial charge in [0, 0.05) is 30.9 Å². The van der Waals surface area contributed by atoms with E-state index in [0.717, 1.165) is 0 Å². The van der Waals surface area contributed by atoms with Crippen LogP contribution in [0.4, 0.5) is 33.6 Å². The van der Waals surface area contributed by atoms with E-state index in [-0.39, 0.29) is 29.5 Å². The smallest absolute Gasteiger partial charge is 0.330 e. The van der Waals surface area contributed by atoms with Crippen LogP contribution in [-0.4, -0.2) is 43.2 Å². The number of para-hydroxylation sites is 2. The number of amides is 3. The molecule has 4 rings (SSSR count). The zero-order valence-corrected chi connectivity index (χ0v) is 20.1. The highest BCUT2D eigenvalue weighted by molar-refractivity contribution is 6.35. The summed E-state index contributed by atoms with van der Waals surface area (Å²) in [7, 11) is 4.64. The van der Waals surface area contributed by atoms with Crippen LogP contribution in [0.1, 0.15) is 5.56 Å². The highest BCUT2D eigenvalue weighted by Crippen LogP contribution is 2.41. The van der Waals surface area contributed by atoms with Gasteiger partial charge in [0.05, 0.1) is 37.8 Å². The Morgan fingerprint density at radius 2 is 1.94 bits per heavy atom. The molecule has 0 aliphatic carbocycles. The Bertz CT molecular complexity index is 1320. The lowest BCUT2D eigenvalue weighted by molar-refractivity contribution is -0.111. The maximum atomic E-state index is 13.3. The van der Waals surface area contributed by atoms with Crippen LogP contribution < -0.4 is 29.9 Å². The van der Waals surface area contributed by atoms with Crippen LogP contribution in [0.15, 0.2) is 55.3 Å². The zero-order valence-electron chi connectivity index (χ0n) is 19.3. The van der Waals surface area contributed by atoms with Crippen molar-refractivity contribution in [3.63, 3.8) is 0 Å². The third kappa shape index (κ3) is 4.69. The normalized spacial score (nSPS) is 12.6. The Morgan fingerprint density at radius 1 is 1.20 bits per heavy atom. The lowest BCUT2D eigenvalue weighted by Gasteiger charge is -2.34. The van der Waals surface area contributed by atoms with Crippen LogP contribution in [0.2, 0.25) is 5.02 Å². The molecule has 11 heteroatoms. The number of anilines is 5. The molecule has 3 aromatic rings. The SMILES string of the molecule is C=CC(=O)Nc1ccccc1Nc1ncc2c(n1)N(C)C(=O)N(c1cc(OC)cc(OC)c1Cl)C2. The average molecular weight is 495 g/mol. The highest BCUT2D eigenvalue weighted by atomic mass is 35.5.